The predicted octanol–water partition coefficient (Wildman–Crippen LogP) is 6.15. The quantitative estimate of drug-likeness (QED) is 0.293. The molecule has 0 atom stereocenters. The van der Waals surface area contributed by atoms with Crippen LogP contribution in [0.1, 0.15) is 11.1 Å². The van der Waals surface area contributed by atoms with E-state index in [1.54, 1.807) is 29.1 Å². The van der Waals surface area contributed by atoms with Crippen LogP contribution in [0, 0.1) is 6.92 Å². The molecule has 2 heterocycles. The van der Waals surface area contributed by atoms with Crippen LogP contribution in [0.5, 0.6) is 0 Å². The molecule has 2 aromatic carbocycles. The summed E-state index contributed by atoms with van der Waals surface area (Å²) < 4.78 is 42.1. The molecule has 1 amide bonds. The third kappa shape index (κ3) is 5.48. The van der Waals surface area contributed by atoms with Gasteiger partial charge >= 0.3 is 6.18 Å². The van der Waals surface area contributed by atoms with Gasteiger partial charge < -0.3 is 5.32 Å². The highest BCUT2D eigenvalue weighted by Crippen LogP contribution is 2.37. The van der Waals surface area contributed by atoms with Crippen molar-refractivity contribution in [3.63, 3.8) is 0 Å². The molecule has 0 saturated heterocycles. The number of anilines is 1. The number of hydrogen-bond acceptors (Lipinski definition) is 5. The molecule has 0 saturated carbocycles. The second kappa shape index (κ2) is 9.98. The van der Waals surface area contributed by atoms with Gasteiger partial charge in [0, 0.05) is 28.1 Å². The highest BCUT2D eigenvalue weighted by Gasteiger charge is 2.34. The van der Waals surface area contributed by atoms with E-state index in [2.05, 4.69) is 36.4 Å². The van der Waals surface area contributed by atoms with Crippen LogP contribution in [-0.2, 0) is 11.0 Å². The van der Waals surface area contributed by atoms with Gasteiger partial charge in [0.05, 0.1) is 17.0 Å². The van der Waals surface area contributed by atoms with Crippen LogP contribution in [-0.4, -0.2) is 31.4 Å². The SMILES string of the molecule is Cc1ccc(-n2c(SCC(=O)Nc3ccc(Br)cc3C(F)(F)F)nnc2-c2ccncc2)cc1. The lowest BCUT2D eigenvalue weighted by Crippen LogP contribution is -2.18. The lowest BCUT2D eigenvalue weighted by Gasteiger charge is -2.14. The summed E-state index contributed by atoms with van der Waals surface area (Å²) in [6, 6.07) is 14.9. The smallest absolute Gasteiger partial charge is 0.325 e. The van der Waals surface area contributed by atoms with Gasteiger partial charge in [-0.05, 0) is 49.4 Å². The van der Waals surface area contributed by atoms with Crippen molar-refractivity contribution in [1.29, 1.82) is 0 Å². The van der Waals surface area contributed by atoms with Crippen molar-refractivity contribution in [3.8, 4) is 17.1 Å². The fraction of sp³-hybridized carbons (Fsp3) is 0.130. The highest BCUT2D eigenvalue weighted by molar-refractivity contribution is 9.10. The monoisotopic (exact) mass is 547 g/mol. The van der Waals surface area contributed by atoms with E-state index in [9.17, 15) is 18.0 Å². The van der Waals surface area contributed by atoms with Gasteiger partial charge in [0.15, 0.2) is 11.0 Å². The molecule has 11 heteroatoms. The van der Waals surface area contributed by atoms with Gasteiger partial charge in [-0.3, -0.25) is 14.3 Å². The van der Waals surface area contributed by atoms with Gasteiger partial charge in [0.25, 0.3) is 0 Å². The van der Waals surface area contributed by atoms with Crippen molar-refractivity contribution in [3.05, 3.63) is 82.6 Å². The minimum Gasteiger partial charge on any atom is -0.325 e. The van der Waals surface area contributed by atoms with Crippen molar-refractivity contribution in [2.45, 2.75) is 18.3 Å². The Morgan fingerprint density at radius 3 is 2.44 bits per heavy atom. The van der Waals surface area contributed by atoms with Crippen LogP contribution < -0.4 is 5.32 Å². The van der Waals surface area contributed by atoms with Crippen molar-refractivity contribution in [2.75, 3.05) is 11.1 Å². The molecule has 34 heavy (non-hydrogen) atoms. The average molecular weight is 548 g/mol. The number of amides is 1. The second-order valence-electron chi connectivity index (χ2n) is 7.24. The summed E-state index contributed by atoms with van der Waals surface area (Å²) in [5, 5.41) is 11.3. The largest absolute Gasteiger partial charge is 0.418 e. The molecule has 0 radical (unpaired) electrons. The third-order valence-electron chi connectivity index (χ3n) is 4.76. The molecular formula is C23H17BrF3N5OS. The topological polar surface area (TPSA) is 72.7 Å². The third-order valence-corrected chi connectivity index (χ3v) is 6.18. The number of alkyl halides is 3. The highest BCUT2D eigenvalue weighted by atomic mass is 79.9. The van der Waals surface area contributed by atoms with Gasteiger partial charge in [0.2, 0.25) is 5.91 Å². The van der Waals surface area contributed by atoms with Gasteiger partial charge in [0.1, 0.15) is 0 Å². The summed E-state index contributed by atoms with van der Waals surface area (Å²) in [5.41, 5.74) is 1.41. The summed E-state index contributed by atoms with van der Waals surface area (Å²) in [6.07, 6.45) is -1.33. The lowest BCUT2D eigenvalue weighted by molar-refractivity contribution is -0.137. The normalized spacial score (nSPS) is 11.4. The number of hydrogen-bond donors (Lipinski definition) is 1. The van der Waals surface area contributed by atoms with Gasteiger partial charge in [-0.1, -0.05) is 45.4 Å². The van der Waals surface area contributed by atoms with Crippen molar-refractivity contribution in [2.24, 2.45) is 0 Å². The number of benzene rings is 2. The van der Waals surface area contributed by atoms with Crippen LogP contribution in [0.15, 0.2) is 76.6 Å². The Labute approximate surface area is 205 Å². The van der Waals surface area contributed by atoms with E-state index in [1.807, 2.05) is 31.2 Å². The molecule has 6 nitrogen and oxygen atoms in total. The molecule has 4 aromatic rings. The molecule has 0 aliphatic rings. The maximum absolute atomic E-state index is 13.4. The molecular weight excluding hydrogens is 531 g/mol. The van der Waals surface area contributed by atoms with Gasteiger partial charge in [-0.15, -0.1) is 10.2 Å². The van der Waals surface area contributed by atoms with Crippen LogP contribution in [0.4, 0.5) is 18.9 Å². The number of aryl methyl sites for hydroxylation is 1. The second-order valence-corrected chi connectivity index (χ2v) is 9.10. The Morgan fingerprint density at radius 1 is 1.06 bits per heavy atom. The number of carbonyl (C=O) groups excluding carboxylic acids is 1. The maximum atomic E-state index is 13.4. The van der Waals surface area contributed by atoms with Crippen molar-refractivity contribution in [1.82, 2.24) is 19.7 Å². The first kappa shape index (κ1) is 24.0. The van der Waals surface area contributed by atoms with E-state index in [-0.39, 0.29) is 15.9 Å². The van der Waals surface area contributed by atoms with E-state index in [0.717, 1.165) is 34.6 Å². The standard InChI is InChI=1S/C23H17BrF3N5OS/c1-14-2-5-17(6-3-14)32-21(15-8-10-28-11-9-15)30-31-22(32)34-13-20(33)29-19-7-4-16(24)12-18(19)23(25,26)27/h2-12H,13H2,1H3,(H,29,33). The summed E-state index contributed by atoms with van der Waals surface area (Å²) in [5.74, 6) is -0.198. The zero-order valence-electron chi connectivity index (χ0n) is 17.7. The molecule has 1 N–H and O–H groups in total. The molecule has 0 fully saturated rings. The van der Waals surface area contributed by atoms with Crippen LogP contribution in [0.3, 0.4) is 0 Å². The first-order chi connectivity index (χ1) is 16.2. The Bertz CT molecular complexity index is 1310. The summed E-state index contributed by atoms with van der Waals surface area (Å²) in [4.78, 5) is 16.6. The Morgan fingerprint density at radius 2 is 1.76 bits per heavy atom. The number of halogens is 4. The number of pyridine rings is 1. The van der Waals surface area contributed by atoms with E-state index in [4.69, 9.17) is 0 Å². The Hall–Kier alpha value is -3.18. The molecule has 2 aromatic heterocycles. The van der Waals surface area contributed by atoms with E-state index >= 15 is 0 Å². The first-order valence-electron chi connectivity index (χ1n) is 9.94. The predicted molar refractivity (Wildman–Crippen MR) is 128 cm³/mol. The number of carbonyl (C=O) groups is 1. The molecule has 0 bridgehead atoms. The van der Waals surface area contributed by atoms with E-state index in [1.165, 1.54) is 12.1 Å². The molecule has 0 aliphatic carbocycles. The first-order valence-corrected chi connectivity index (χ1v) is 11.7. The molecule has 4 rings (SSSR count). The fourth-order valence-electron chi connectivity index (χ4n) is 3.15. The van der Waals surface area contributed by atoms with Crippen molar-refractivity contribution < 1.29 is 18.0 Å². The minimum absolute atomic E-state index is 0.159. The summed E-state index contributed by atoms with van der Waals surface area (Å²) >= 11 is 4.11. The molecule has 174 valence electrons. The van der Waals surface area contributed by atoms with Gasteiger partial charge in [-0.25, -0.2) is 0 Å². The van der Waals surface area contributed by atoms with Gasteiger partial charge in [-0.2, -0.15) is 13.2 Å². The van der Waals surface area contributed by atoms with E-state index in [0.29, 0.717) is 11.0 Å². The number of nitrogens with zero attached hydrogens (tertiary/aromatic N) is 4. The minimum atomic E-state index is -4.61. The maximum Gasteiger partial charge on any atom is 0.418 e. The van der Waals surface area contributed by atoms with Crippen LogP contribution in [0.25, 0.3) is 17.1 Å². The number of aromatic nitrogens is 4. The fourth-order valence-corrected chi connectivity index (χ4v) is 4.27. The van der Waals surface area contributed by atoms with E-state index < -0.39 is 17.6 Å². The Kier molecular flexibility index (Phi) is 7.03. The summed E-state index contributed by atoms with van der Waals surface area (Å²) in [6.45, 7) is 1.97. The molecule has 0 unspecified atom stereocenters. The number of nitrogens with one attached hydrogen (secondary N) is 1. The molecule has 0 aliphatic heterocycles. The van der Waals surface area contributed by atoms with Crippen molar-refractivity contribution >= 4 is 39.3 Å². The zero-order valence-corrected chi connectivity index (χ0v) is 20.1. The number of rotatable bonds is 6. The molecule has 0 spiro atoms. The zero-order chi connectivity index (χ0) is 24.3. The van der Waals surface area contributed by atoms with Crippen LogP contribution in [0.2, 0.25) is 0 Å². The lowest BCUT2D eigenvalue weighted by atomic mass is 10.1. The summed E-state index contributed by atoms with van der Waals surface area (Å²) in [7, 11) is 0. The Balaban J connectivity index is 1.59. The average Bonchev–Trinajstić information content (AvgIpc) is 3.23. The number of thioether (sulfide) groups is 1. The van der Waals surface area contributed by atoms with Crippen LogP contribution >= 0.6 is 27.7 Å².